The van der Waals surface area contributed by atoms with Crippen LogP contribution in [0.1, 0.15) is 33.1 Å². The van der Waals surface area contributed by atoms with Gasteiger partial charge in [0.2, 0.25) is 0 Å². The number of hydrogen-bond donors (Lipinski definition) is 2. The molecule has 162 valence electrons. The van der Waals surface area contributed by atoms with Crippen LogP contribution in [0.3, 0.4) is 0 Å². The van der Waals surface area contributed by atoms with Crippen molar-refractivity contribution in [2.75, 3.05) is 46.4 Å². The summed E-state index contributed by atoms with van der Waals surface area (Å²) in [5.74, 6) is 2.72. The zero-order chi connectivity index (χ0) is 19.9. The number of aryl methyl sites for hydroxylation is 3. The molecule has 2 aromatic rings. The molecule has 29 heavy (non-hydrogen) atoms. The van der Waals surface area contributed by atoms with E-state index in [9.17, 15) is 0 Å². The van der Waals surface area contributed by atoms with Crippen LogP contribution in [0.5, 0.6) is 0 Å². The Morgan fingerprint density at radius 2 is 2.00 bits per heavy atom. The van der Waals surface area contributed by atoms with Crippen molar-refractivity contribution in [2.24, 2.45) is 4.99 Å². The molecule has 1 saturated heterocycles. The minimum Gasteiger partial charge on any atom is -0.465 e. The zero-order valence-electron chi connectivity index (χ0n) is 17.7. The molecule has 1 atom stereocenters. The van der Waals surface area contributed by atoms with Crippen molar-refractivity contribution in [2.45, 2.75) is 33.2 Å². The number of nitrogens with zero attached hydrogens (tertiary/aromatic N) is 3. The lowest BCUT2D eigenvalue weighted by molar-refractivity contribution is 0.0124. The molecule has 0 saturated carbocycles. The molecule has 2 N–H and O–H groups in total. The molecule has 1 unspecified atom stereocenters. The maximum atomic E-state index is 5.93. The van der Waals surface area contributed by atoms with E-state index in [1.54, 1.807) is 18.4 Å². The van der Waals surface area contributed by atoms with Gasteiger partial charge in [0.1, 0.15) is 11.5 Å². The second-order valence-electron chi connectivity index (χ2n) is 6.99. The molecule has 3 heterocycles. The van der Waals surface area contributed by atoms with E-state index >= 15 is 0 Å². The van der Waals surface area contributed by atoms with Crippen LogP contribution < -0.4 is 10.6 Å². The number of aliphatic imine (C=N–C) groups is 1. The Balaban J connectivity index is 0.00000300. The second-order valence-corrected chi connectivity index (χ2v) is 8.28. The van der Waals surface area contributed by atoms with E-state index in [0.717, 1.165) is 74.0 Å². The molecule has 9 heteroatoms. The number of furan rings is 1. The van der Waals surface area contributed by atoms with E-state index in [2.05, 4.69) is 45.4 Å². The molecular formula is C20H32IN5O2S. The summed E-state index contributed by atoms with van der Waals surface area (Å²) < 4.78 is 11.4. The molecule has 1 fully saturated rings. The van der Waals surface area contributed by atoms with Crippen LogP contribution in [0.15, 0.2) is 21.5 Å². The maximum absolute atomic E-state index is 5.93. The molecule has 0 aliphatic carbocycles. The molecule has 7 nitrogen and oxygen atoms in total. The predicted octanol–water partition coefficient (Wildman–Crippen LogP) is 3.06. The van der Waals surface area contributed by atoms with Gasteiger partial charge < -0.3 is 19.8 Å². The number of morpholine rings is 1. The van der Waals surface area contributed by atoms with E-state index in [0.29, 0.717) is 0 Å². The highest BCUT2D eigenvalue weighted by Crippen LogP contribution is 2.23. The largest absolute Gasteiger partial charge is 0.465 e. The lowest BCUT2D eigenvalue weighted by atomic mass is 10.1. The quantitative estimate of drug-likeness (QED) is 0.324. The number of ether oxygens (including phenoxy) is 1. The fourth-order valence-electron chi connectivity index (χ4n) is 3.28. The van der Waals surface area contributed by atoms with Gasteiger partial charge in [-0.25, -0.2) is 4.98 Å². The SMILES string of the molecule is CN=C(NCCc1nc(C)c(C)s1)NCC(c1ccc(C)o1)N1CCOCC1.I. The van der Waals surface area contributed by atoms with Crippen molar-refractivity contribution in [1.82, 2.24) is 20.5 Å². The maximum Gasteiger partial charge on any atom is 0.191 e. The summed E-state index contributed by atoms with van der Waals surface area (Å²) in [5, 5.41) is 8.01. The highest BCUT2D eigenvalue weighted by molar-refractivity contribution is 14.0. The van der Waals surface area contributed by atoms with E-state index < -0.39 is 0 Å². The molecule has 0 aromatic carbocycles. The van der Waals surface area contributed by atoms with Crippen molar-refractivity contribution >= 4 is 41.3 Å². The molecule has 1 aliphatic rings. The van der Waals surface area contributed by atoms with Gasteiger partial charge in [0.05, 0.1) is 30.0 Å². The number of halogens is 1. The van der Waals surface area contributed by atoms with Gasteiger partial charge in [0.15, 0.2) is 5.96 Å². The predicted molar refractivity (Wildman–Crippen MR) is 129 cm³/mol. The Morgan fingerprint density at radius 1 is 1.24 bits per heavy atom. The monoisotopic (exact) mass is 533 g/mol. The Hall–Kier alpha value is -1.17. The molecule has 0 bridgehead atoms. The number of hydrogen-bond acceptors (Lipinski definition) is 6. The van der Waals surface area contributed by atoms with Crippen molar-refractivity contribution < 1.29 is 9.15 Å². The van der Waals surface area contributed by atoms with Crippen LogP contribution in [-0.4, -0.2) is 62.3 Å². The first-order valence-corrected chi connectivity index (χ1v) is 10.6. The molecule has 0 radical (unpaired) electrons. The van der Waals surface area contributed by atoms with Gasteiger partial charge in [-0.3, -0.25) is 9.89 Å². The van der Waals surface area contributed by atoms with Gasteiger partial charge in [-0.2, -0.15) is 0 Å². The first-order valence-electron chi connectivity index (χ1n) is 9.82. The van der Waals surface area contributed by atoms with E-state index in [1.807, 2.05) is 13.0 Å². The third-order valence-electron chi connectivity index (χ3n) is 4.97. The molecule has 3 rings (SSSR count). The Bertz CT molecular complexity index is 766. The number of rotatable bonds is 7. The van der Waals surface area contributed by atoms with Gasteiger partial charge in [-0.05, 0) is 32.9 Å². The Labute approximate surface area is 194 Å². The number of aromatic nitrogens is 1. The first-order chi connectivity index (χ1) is 13.6. The Morgan fingerprint density at radius 3 is 2.59 bits per heavy atom. The zero-order valence-corrected chi connectivity index (χ0v) is 20.8. The van der Waals surface area contributed by atoms with Crippen LogP contribution in [0.4, 0.5) is 0 Å². The van der Waals surface area contributed by atoms with Crippen LogP contribution in [-0.2, 0) is 11.2 Å². The van der Waals surface area contributed by atoms with Gasteiger partial charge in [-0.1, -0.05) is 0 Å². The highest BCUT2D eigenvalue weighted by Gasteiger charge is 2.25. The number of guanidine groups is 1. The minimum absolute atomic E-state index is 0. The van der Waals surface area contributed by atoms with E-state index in [1.165, 1.54) is 4.88 Å². The van der Waals surface area contributed by atoms with Crippen LogP contribution >= 0.6 is 35.3 Å². The molecule has 0 spiro atoms. The first kappa shape index (κ1) is 24.1. The normalized spacial score (nSPS) is 16.3. The lowest BCUT2D eigenvalue weighted by Crippen LogP contribution is -2.46. The topological polar surface area (TPSA) is 74.9 Å². The summed E-state index contributed by atoms with van der Waals surface area (Å²) in [6, 6.07) is 4.24. The van der Waals surface area contributed by atoms with Gasteiger partial charge in [0.25, 0.3) is 0 Å². The minimum atomic E-state index is 0. The number of thiazole rings is 1. The fourth-order valence-corrected chi connectivity index (χ4v) is 4.21. The molecule has 1 aliphatic heterocycles. The van der Waals surface area contributed by atoms with E-state index in [4.69, 9.17) is 9.15 Å². The van der Waals surface area contributed by atoms with Gasteiger partial charge in [-0.15, -0.1) is 35.3 Å². The molecular weight excluding hydrogens is 501 g/mol. The Kier molecular flexibility index (Phi) is 9.87. The smallest absolute Gasteiger partial charge is 0.191 e. The fraction of sp³-hybridized carbons (Fsp3) is 0.600. The van der Waals surface area contributed by atoms with Crippen LogP contribution in [0, 0.1) is 20.8 Å². The standard InChI is InChI=1S/C20H31N5O2S.HI/c1-14-5-6-18(27-14)17(25-9-11-26-12-10-25)13-23-20(21-4)22-8-7-19-24-15(2)16(3)28-19;/h5-6,17H,7-13H2,1-4H3,(H2,21,22,23);1H. The summed E-state index contributed by atoms with van der Waals surface area (Å²) in [4.78, 5) is 12.7. The van der Waals surface area contributed by atoms with Crippen molar-refractivity contribution in [3.05, 3.63) is 39.2 Å². The van der Waals surface area contributed by atoms with Crippen molar-refractivity contribution in [3.63, 3.8) is 0 Å². The van der Waals surface area contributed by atoms with Gasteiger partial charge >= 0.3 is 0 Å². The summed E-state index contributed by atoms with van der Waals surface area (Å²) in [5.41, 5.74) is 1.13. The highest BCUT2D eigenvalue weighted by atomic mass is 127. The summed E-state index contributed by atoms with van der Waals surface area (Å²) in [6.07, 6.45) is 0.893. The number of nitrogens with one attached hydrogen (secondary N) is 2. The average molecular weight is 533 g/mol. The van der Waals surface area contributed by atoms with E-state index in [-0.39, 0.29) is 30.0 Å². The van der Waals surface area contributed by atoms with Crippen molar-refractivity contribution in [3.8, 4) is 0 Å². The second kappa shape index (κ2) is 11.9. The lowest BCUT2D eigenvalue weighted by Gasteiger charge is -2.33. The third-order valence-corrected chi connectivity index (χ3v) is 6.10. The molecule has 0 amide bonds. The van der Waals surface area contributed by atoms with Crippen LogP contribution in [0.25, 0.3) is 0 Å². The average Bonchev–Trinajstić information content (AvgIpc) is 3.26. The summed E-state index contributed by atoms with van der Waals surface area (Å²) in [7, 11) is 1.80. The van der Waals surface area contributed by atoms with Gasteiger partial charge in [0, 0.05) is 44.5 Å². The third kappa shape index (κ3) is 6.94. The summed E-state index contributed by atoms with van der Waals surface area (Å²) >= 11 is 1.77. The summed E-state index contributed by atoms with van der Waals surface area (Å²) in [6.45, 7) is 11.0. The van der Waals surface area contributed by atoms with Crippen LogP contribution in [0.2, 0.25) is 0 Å². The molecule has 2 aromatic heterocycles. The van der Waals surface area contributed by atoms with Crippen molar-refractivity contribution in [1.29, 1.82) is 0 Å².